The van der Waals surface area contributed by atoms with Gasteiger partial charge in [-0.1, -0.05) is 17.2 Å². The molecule has 6 nitrogen and oxygen atoms in total. The van der Waals surface area contributed by atoms with E-state index in [2.05, 4.69) is 9.97 Å². The molecular formula is C26H22N4O2. The highest BCUT2D eigenvalue weighted by Gasteiger charge is 2.16. The third-order valence-corrected chi connectivity index (χ3v) is 5.95. The number of imidazole rings is 1. The van der Waals surface area contributed by atoms with Gasteiger partial charge in [0.05, 0.1) is 27.8 Å². The van der Waals surface area contributed by atoms with Gasteiger partial charge in [0.2, 0.25) is 0 Å². The maximum Gasteiger partial charge on any atom is 0.259 e. The number of carbonyl (C=O) groups excluding carboxylic acids is 1. The molecule has 5 aromatic rings. The minimum Gasteiger partial charge on any atom is -0.276 e. The maximum atomic E-state index is 13.1. The van der Waals surface area contributed by atoms with E-state index in [9.17, 15) is 9.59 Å². The molecule has 0 unspecified atom stereocenters. The molecule has 0 bridgehead atoms. The van der Waals surface area contributed by atoms with Crippen molar-refractivity contribution in [2.45, 2.75) is 27.7 Å². The number of pyridine rings is 2. The lowest BCUT2D eigenvalue weighted by molar-refractivity contribution is 0.0958. The van der Waals surface area contributed by atoms with Crippen LogP contribution in [0.1, 0.15) is 31.1 Å². The maximum absolute atomic E-state index is 13.1. The Hall–Kier alpha value is -4.06. The van der Waals surface area contributed by atoms with Crippen LogP contribution in [0.25, 0.3) is 38.5 Å². The lowest BCUT2D eigenvalue weighted by Crippen LogP contribution is -2.18. The van der Waals surface area contributed by atoms with Crippen LogP contribution in [-0.4, -0.2) is 25.0 Å². The molecule has 3 aromatic heterocycles. The number of carbonyl (C=O) groups is 1. The third-order valence-electron chi connectivity index (χ3n) is 5.95. The highest BCUT2D eigenvalue weighted by Crippen LogP contribution is 2.27. The van der Waals surface area contributed by atoms with Gasteiger partial charge in [-0.15, -0.1) is 0 Å². The van der Waals surface area contributed by atoms with Gasteiger partial charge in [0.15, 0.2) is 0 Å². The van der Waals surface area contributed by atoms with Crippen molar-refractivity contribution in [2.75, 3.05) is 0 Å². The summed E-state index contributed by atoms with van der Waals surface area (Å²) >= 11 is 0. The number of hydrogen-bond donors (Lipinski definition) is 0. The van der Waals surface area contributed by atoms with Crippen molar-refractivity contribution in [3.8, 4) is 5.69 Å². The second kappa shape index (κ2) is 7.27. The number of rotatable bonds is 2. The Morgan fingerprint density at radius 2 is 1.69 bits per heavy atom. The summed E-state index contributed by atoms with van der Waals surface area (Å²) in [5.74, 6) is -0.125. The molecule has 0 radical (unpaired) electrons. The summed E-state index contributed by atoms with van der Waals surface area (Å²) in [4.78, 5) is 35.0. The van der Waals surface area contributed by atoms with E-state index < -0.39 is 0 Å². The van der Waals surface area contributed by atoms with Crippen molar-refractivity contribution in [1.29, 1.82) is 0 Å². The van der Waals surface area contributed by atoms with Crippen LogP contribution in [0, 0.1) is 6.92 Å². The van der Waals surface area contributed by atoms with Gasteiger partial charge in [-0.2, -0.15) is 0 Å². The summed E-state index contributed by atoms with van der Waals surface area (Å²) in [6.07, 6.45) is 3.32. The van der Waals surface area contributed by atoms with Gasteiger partial charge < -0.3 is 0 Å². The highest BCUT2D eigenvalue weighted by molar-refractivity contribution is 6.04. The van der Waals surface area contributed by atoms with Crippen LogP contribution in [0.3, 0.4) is 0 Å². The molecule has 3 heterocycles. The number of fused-ring (bicyclic) bond motifs is 4. The minimum absolute atomic E-state index is 0.125. The van der Waals surface area contributed by atoms with Gasteiger partial charge in [-0.3, -0.25) is 23.7 Å². The topological polar surface area (TPSA) is 69.8 Å². The smallest absolute Gasteiger partial charge is 0.259 e. The van der Waals surface area contributed by atoms with Crippen LogP contribution in [0.4, 0.5) is 0 Å². The van der Waals surface area contributed by atoms with E-state index in [1.165, 1.54) is 6.33 Å². The van der Waals surface area contributed by atoms with Crippen LogP contribution in [-0.2, 0) is 0 Å². The number of hydrogen-bond acceptors (Lipinski definition) is 4. The fourth-order valence-corrected chi connectivity index (χ4v) is 3.97. The van der Waals surface area contributed by atoms with Crippen molar-refractivity contribution < 1.29 is 4.79 Å². The molecule has 0 aliphatic carbocycles. The Labute approximate surface area is 184 Å². The van der Waals surface area contributed by atoms with Crippen LogP contribution >= 0.6 is 0 Å². The van der Waals surface area contributed by atoms with E-state index in [4.69, 9.17) is 0 Å². The summed E-state index contributed by atoms with van der Waals surface area (Å²) in [5.41, 5.74) is 6.20. The summed E-state index contributed by atoms with van der Waals surface area (Å²) in [7, 11) is 0. The third kappa shape index (κ3) is 3.03. The molecule has 2 aromatic carbocycles. The van der Waals surface area contributed by atoms with Gasteiger partial charge in [0.25, 0.3) is 11.5 Å². The Kier molecular flexibility index (Phi) is 4.51. The second-order valence-corrected chi connectivity index (χ2v) is 8.31. The van der Waals surface area contributed by atoms with Crippen molar-refractivity contribution in [3.63, 3.8) is 0 Å². The molecule has 0 spiro atoms. The average molecular weight is 422 g/mol. The van der Waals surface area contributed by atoms with Crippen LogP contribution in [0.5, 0.6) is 0 Å². The first-order chi connectivity index (χ1) is 15.3. The Morgan fingerprint density at radius 3 is 2.47 bits per heavy atom. The number of nitrogens with zero attached hydrogens (tertiary/aromatic N) is 4. The van der Waals surface area contributed by atoms with E-state index in [-0.39, 0.29) is 11.5 Å². The van der Waals surface area contributed by atoms with Crippen LogP contribution in [0.15, 0.2) is 77.0 Å². The molecular weight excluding hydrogens is 400 g/mol. The molecule has 0 saturated carbocycles. The van der Waals surface area contributed by atoms with Crippen molar-refractivity contribution in [1.82, 2.24) is 19.1 Å². The predicted octanol–water partition coefficient (Wildman–Crippen LogP) is 5.19. The summed E-state index contributed by atoms with van der Waals surface area (Å²) in [6.45, 7) is 7.65. The second-order valence-electron chi connectivity index (χ2n) is 8.31. The number of benzene rings is 2. The first-order valence-corrected chi connectivity index (χ1v) is 10.4. The summed E-state index contributed by atoms with van der Waals surface area (Å²) < 4.78 is 3.23. The van der Waals surface area contributed by atoms with E-state index in [1.807, 2.05) is 64.1 Å². The van der Waals surface area contributed by atoms with Crippen molar-refractivity contribution >= 4 is 38.7 Å². The lowest BCUT2D eigenvalue weighted by Gasteiger charge is -2.13. The van der Waals surface area contributed by atoms with Crippen LogP contribution < -0.4 is 5.56 Å². The van der Waals surface area contributed by atoms with Gasteiger partial charge in [0, 0.05) is 28.6 Å². The van der Waals surface area contributed by atoms with Gasteiger partial charge in [-0.25, -0.2) is 4.98 Å². The Bertz CT molecular complexity index is 1650. The molecule has 158 valence electrons. The first kappa shape index (κ1) is 19.9. The summed E-state index contributed by atoms with van der Waals surface area (Å²) in [5, 5.41) is 1.78. The minimum atomic E-state index is -0.149. The van der Waals surface area contributed by atoms with Gasteiger partial charge in [0.1, 0.15) is 6.33 Å². The zero-order chi connectivity index (χ0) is 22.6. The molecule has 0 N–H and O–H groups in total. The molecule has 32 heavy (non-hydrogen) atoms. The van der Waals surface area contributed by atoms with Crippen molar-refractivity contribution in [2.24, 2.45) is 0 Å². The van der Waals surface area contributed by atoms with Crippen molar-refractivity contribution in [3.05, 3.63) is 88.1 Å². The standard InChI is InChI=1S/C26H22N4O2/c1-15(2)17(4)26(32)29-14-28-22-9-7-19(12-23(22)29)30-24(31)10-6-18-13-27-21-8-5-16(3)11-20(21)25(18)30/h5-14H,1-4H3. The molecule has 5 rings (SSSR count). The normalized spacial score (nSPS) is 11.4. The molecule has 0 fully saturated rings. The molecule has 0 aliphatic rings. The van der Waals surface area contributed by atoms with E-state index >= 15 is 0 Å². The fraction of sp³-hybridized carbons (Fsp3) is 0.154. The molecule has 0 aliphatic heterocycles. The van der Waals surface area contributed by atoms with E-state index in [0.29, 0.717) is 22.3 Å². The summed E-state index contributed by atoms with van der Waals surface area (Å²) in [6, 6.07) is 14.9. The molecule has 0 saturated heterocycles. The molecule has 0 amide bonds. The van der Waals surface area contributed by atoms with Crippen LogP contribution in [0.2, 0.25) is 0 Å². The average Bonchev–Trinajstić information content (AvgIpc) is 3.21. The Morgan fingerprint density at radius 1 is 0.906 bits per heavy atom. The van der Waals surface area contributed by atoms with E-state index in [0.717, 1.165) is 32.9 Å². The van der Waals surface area contributed by atoms with Gasteiger partial charge in [-0.05, 0) is 64.1 Å². The number of aryl methyl sites for hydroxylation is 1. The number of allylic oxidation sites excluding steroid dienone is 2. The quantitative estimate of drug-likeness (QED) is 0.290. The number of aromatic nitrogens is 4. The lowest BCUT2D eigenvalue weighted by atomic mass is 10.1. The SMILES string of the molecule is CC(C)=C(C)C(=O)n1cnc2ccc(-n3c(=O)ccc4cnc5ccc(C)cc5c43)cc21. The first-order valence-electron chi connectivity index (χ1n) is 10.4. The Balaban J connectivity index is 1.84. The zero-order valence-corrected chi connectivity index (χ0v) is 18.4. The van der Waals surface area contributed by atoms with Gasteiger partial charge >= 0.3 is 0 Å². The molecule has 0 atom stereocenters. The predicted molar refractivity (Wildman–Crippen MR) is 128 cm³/mol. The fourth-order valence-electron chi connectivity index (χ4n) is 3.97. The largest absolute Gasteiger partial charge is 0.276 e. The highest BCUT2D eigenvalue weighted by atomic mass is 16.2. The monoisotopic (exact) mass is 422 g/mol. The van der Waals surface area contributed by atoms with E-state index in [1.54, 1.807) is 27.5 Å². The zero-order valence-electron chi connectivity index (χ0n) is 18.4. The molecule has 6 heteroatoms.